The van der Waals surface area contributed by atoms with Gasteiger partial charge < -0.3 is 15.8 Å². The minimum absolute atomic E-state index is 0.0473. The Labute approximate surface area is 120 Å². The summed E-state index contributed by atoms with van der Waals surface area (Å²) in [4.78, 5) is 12.0. The third kappa shape index (κ3) is 3.51. The fraction of sp³-hybridized carbons (Fsp3) is 0.562. The number of benzene rings is 1. The van der Waals surface area contributed by atoms with Gasteiger partial charge >= 0.3 is 0 Å². The second kappa shape index (κ2) is 6.27. The minimum Gasteiger partial charge on any atom is -0.484 e. The van der Waals surface area contributed by atoms with Crippen LogP contribution in [0.5, 0.6) is 5.75 Å². The molecule has 0 unspecified atom stereocenters. The summed E-state index contributed by atoms with van der Waals surface area (Å²) < 4.78 is 5.60. The first-order valence-electron chi connectivity index (χ1n) is 7.26. The van der Waals surface area contributed by atoms with Gasteiger partial charge in [-0.2, -0.15) is 0 Å². The number of hydrogen-bond donors (Lipinski definition) is 2. The Balaban J connectivity index is 1.89. The minimum atomic E-state index is -0.206. The number of nitrogens with one attached hydrogen (secondary N) is 1. The van der Waals surface area contributed by atoms with Crippen LogP contribution in [0, 0.1) is 13.8 Å². The van der Waals surface area contributed by atoms with E-state index in [0.29, 0.717) is 6.54 Å². The van der Waals surface area contributed by atoms with Crippen LogP contribution < -0.4 is 15.8 Å². The van der Waals surface area contributed by atoms with Crippen LogP contribution in [-0.4, -0.2) is 24.6 Å². The second-order valence-electron chi connectivity index (χ2n) is 5.80. The summed E-state index contributed by atoms with van der Waals surface area (Å²) in [5.74, 6) is 0.677. The molecule has 20 heavy (non-hydrogen) atoms. The number of ether oxygens (including phenoxy) is 1. The van der Waals surface area contributed by atoms with E-state index >= 15 is 0 Å². The third-order valence-electron chi connectivity index (χ3n) is 4.05. The molecule has 0 bridgehead atoms. The van der Waals surface area contributed by atoms with E-state index in [4.69, 9.17) is 10.5 Å². The zero-order chi connectivity index (χ0) is 14.6. The van der Waals surface area contributed by atoms with Crippen LogP contribution >= 0.6 is 0 Å². The fourth-order valence-corrected chi connectivity index (χ4v) is 2.87. The zero-order valence-electron chi connectivity index (χ0n) is 12.4. The van der Waals surface area contributed by atoms with Crippen molar-refractivity contribution in [1.29, 1.82) is 0 Å². The van der Waals surface area contributed by atoms with Crippen LogP contribution in [-0.2, 0) is 4.79 Å². The number of carbonyl (C=O) groups is 1. The first-order valence-corrected chi connectivity index (χ1v) is 7.26. The van der Waals surface area contributed by atoms with Crippen molar-refractivity contribution in [2.75, 3.05) is 13.2 Å². The quantitative estimate of drug-likeness (QED) is 0.865. The Hall–Kier alpha value is -1.55. The SMILES string of the molecule is Cc1ccc(OCC(=O)NC2(CN)CCCC2)c(C)c1. The van der Waals surface area contributed by atoms with E-state index in [1.165, 1.54) is 5.56 Å². The van der Waals surface area contributed by atoms with Gasteiger partial charge in [-0.05, 0) is 38.3 Å². The normalized spacial score (nSPS) is 16.9. The summed E-state index contributed by atoms with van der Waals surface area (Å²) in [6, 6.07) is 5.94. The lowest BCUT2D eigenvalue weighted by Gasteiger charge is -2.28. The molecule has 1 amide bonds. The lowest BCUT2D eigenvalue weighted by Crippen LogP contribution is -2.52. The summed E-state index contributed by atoms with van der Waals surface area (Å²) in [5, 5.41) is 3.05. The number of carbonyl (C=O) groups excluding carboxylic acids is 1. The molecule has 1 aliphatic carbocycles. The molecule has 1 saturated carbocycles. The van der Waals surface area contributed by atoms with Crippen molar-refractivity contribution in [2.45, 2.75) is 45.1 Å². The van der Waals surface area contributed by atoms with Gasteiger partial charge in [0, 0.05) is 6.54 Å². The van der Waals surface area contributed by atoms with Gasteiger partial charge in [-0.3, -0.25) is 4.79 Å². The number of aryl methyl sites for hydroxylation is 2. The van der Waals surface area contributed by atoms with Crippen molar-refractivity contribution in [3.05, 3.63) is 29.3 Å². The maximum Gasteiger partial charge on any atom is 0.258 e. The summed E-state index contributed by atoms with van der Waals surface area (Å²) in [6.07, 6.45) is 4.21. The molecule has 3 N–H and O–H groups in total. The van der Waals surface area contributed by atoms with Crippen LogP contribution in [0.2, 0.25) is 0 Å². The average Bonchev–Trinajstić information content (AvgIpc) is 2.87. The number of rotatable bonds is 5. The van der Waals surface area contributed by atoms with Crippen molar-refractivity contribution in [3.63, 3.8) is 0 Å². The van der Waals surface area contributed by atoms with Gasteiger partial charge in [-0.1, -0.05) is 30.5 Å². The van der Waals surface area contributed by atoms with Gasteiger partial charge in [0.15, 0.2) is 6.61 Å². The van der Waals surface area contributed by atoms with Gasteiger partial charge in [0.05, 0.1) is 5.54 Å². The van der Waals surface area contributed by atoms with E-state index in [0.717, 1.165) is 37.0 Å². The molecule has 0 saturated heterocycles. The van der Waals surface area contributed by atoms with Crippen molar-refractivity contribution in [3.8, 4) is 5.75 Å². The van der Waals surface area contributed by atoms with Gasteiger partial charge in [0.2, 0.25) is 0 Å². The third-order valence-corrected chi connectivity index (χ3v) is 4.05. The zero-order valence-corrected chi connectivity index (χ0v) is 12.4. The van der Waals surface area contributed by atoms with Crippen LogP contribution in [0.1, 0.15) is 36.8 Å². The predicted molar refractivity (Wildman–Crippen MR) is 79.8 cm³/mol. The molecular weight excluding hydrogens is 252 g/mol. The average molecular weight is 276 g/mol. The summed E-state index contributed by atoms with van der Waals surface area (Å²) in [5.41, 5.74) is 7.84. The Kier molecular flexibility index (Phi) is 4.65. The van der Waals surface area contributed by atoms with Crippen molar-refractivity contribution in [2.24, 2.45) is 5.73 Å². The van der Waals surface area contributed by atoms with Crippen LogP contribution in [0.25, 0.3) is 0 Å². The molecule has 0 atom stereocenters. The molecule has 0 aliphatic heterocycles. The highest BCUT2D eigenvalue weighted by atomic mass is 16.5. The lowest BCUT2D eigenvalue weighted by molar-refractivity contribution is -0.124. The first kappa shape index (κ1) is 14.9. The Bertz CT molecular complexity index is 479. The van der Waals surface area contributed by atoms with Crippen molar-refractivity contribution >= 4 is 5.91 Å². The molecule has 0 radical (unpaired) electrons. The lowest BCUT2D eigenvalue weighted by atomic mass is 9.98. The van der Waals surface area contributed by atoms with Crippen molar-refractivity contribution < 1.29 is 9.53 Å². The largest absolute Gasteiger partial charge is 0.484 e. The number of nitrogens with two attached hydrogens (primary N) is 1. The molecule has 4 nitrogen and oxygen atoms in total. The van der Waals surface area contributed by atoms with Crippen LogP contribution in [0.15, 0.2) is 18.2 Å². The molecule has 0 heterocycles. The highest BCUT2D eigenvalue weighted by molar-refractivity contribution is 5.78. The summed E-state index contributed by atoms with van der Waals surface area (Å²) in [7, 11) is 0. The van der Waals surface area contributed by atoms with Gasteiger partial charge in [0.25, 0.3) is 5.91 Å². The molecule has 4 heteroatoms. The maximum absolute atomic E-state index is 12.0. The highest BCUT2D eigenvalue weighted by Gasteiger charge is 2.33. The van der Waals surface area contributed by atoms with Gasteiger partial charge in [-0.15, -0.1) is 0 Å². The van der Waals surface area contributed by atoms with E-state index in [-0.39, 0.29) is 18.1 Å². The Morgan fingerprint density at radius 1 is 1.35 bits per heavy atom. The Morgan fingerprint density at radius 2 is 2.05 bits per heavy atom. The highest BCUT2D eigenvalue weighted by Crippen LogP contribution is 2.28. The maximum atomic E-state index is 12.0. The van der Waals surface area contributed by atoms with Gasteiger partial charge in [0.1, 0.15) is 5.75 Å². The summed E-state index contributed by atoms with van der Waals surface area (Å²) in [6.45, 7) is 4.57. The number of amides is 1. The van der Waals surface area contributed by atoms with E-state index in [1.807, 2.05) is 32.0 Å². The summed E-state index contributed by atoms with van der Waals surface area (Å²) >= 11 is 0. The van der Waals surface area contributed by atoms with Crippen molar-refractivity contribution in [1.82, 2.24) is 5.32 Å². The van der Waals surface area contributed by atoms with Crippen LogP contribution in [0.3, 0.4) is 0 Å². The molecular formula is C16H24N2O2. The van der Waals surface area contributed by atoms with E-state index in [2.05, 4.69) is 5.32 Å². The van der Waals surface area contributed by atoms with Crippen LogP contribution in [0.4, 0.5) is 0 Å². The standard InChI is InChI=1S/C16H24N2O2/c1-12-5-6-14(13(2)9-12)20-10-15(19)18-16(11-17)7-3-4-8-16/h5-6,9H,3-4,7-8,10-11,17H2,1-2H3,(H,18,19). The Morgan fingerprint density at radius 3 is 2.65 bits per heavy atom. The predicted octanol–water partition coefficient (Wildman–Crippen LogP) is 2.07. The molecule has 1 aliphatic rings. The molecule has 1 fully saturated rings. The molecule has 1 aromatic carbocycles. The smallest absolute Gasteiger partial charge is 0.258 e. The molecule has 0 spiro atoms. The topological polar surface area (TPSA) is 64.3 Å². The molecule has 1 aromatic rings. The first-order chi connectivity index (χ1) is 9.54. The molecule has 2 rings (SSSR count). The van der Waals surface area contributed by atoms with E-state index < -0.39 is 0 Å². The molecule has 0 aromatic heterocycles. The molecule has 110 valence electrons. The monoisotopic (exact) mass is 276 g/mol. The van der Waals surface area contributed by atoms with E-state index in [1.54, 1.807) is 0 Å². The van der Waals surface area contributed by atoms with Gasteiger partial charge in [-0.25, -0.2) is 0 Å². The number of hydrogen-bond acceptors (Lipinski definition) is 3. The van der Waals surface area contributed by atoms with E-state index in [9.17, 15) is 4.79 Å². The fourth-order valence-electron chi connectivity index (χ4n) is 2.87. The second-order valence-corrected chi connectivity index (χ2v) is 5.80.